The smallest absolute Gasteiger partial charge is 0.223 e. The van der Waals surface area contributed by atoms with Crippen LogP contribution < -0.4 is 5.32 Å². The second-order valence-electron chi connectivity index (χ2n) is 7.04. The monoisotopic (exact) mass is 365 g/mol. The van der Waals surface area contributed by atoms with Crippen molar-refractivity contribution in [3.63, 3.8) is 0 Å². The second kappa shape index (κ2) is 11.3. The first kappa shape index (κ1) is 20.9. The van der Waals surface area contributed by atoms with E-state index in [9.17, 15) is 4.79 Å². The Kier molecular flexibility index (Phi) is 8.79. The van der Waals surface area contributed by atoms with Crippen LogP contribution in [0.4, 0.5) is 0 Å². The molecule has 0 fully saturated rings. The topological polar surface area (TPSA) is 38.3 Å². The van der Waals surface area contributed by atoms with Gasteiger partial charge in [0.25, 0.3) is 0 Å². The molecule has 2 rings (SSSR count). The van der Waals surface area contributed by atoms with E-state index in [4.69, 9.17) is 4.74 Å². The van der Waals surface area contributed by atoms with Crippen molar-refractivity contribution >= 4 is 5.91 Å². The van der Waals surface area contributed by atoms with Gasteiger partial charge in [-0.1, -0.05) is 86.7 Å². The molecule has 1 amide bonds. The maximum atomic E-state index is 12.5. The van der Waals surface area contributed by atoms with E-state index in [-0.39, 0.29) is 23.8 Å². The standard InChI is InChI=1S/C24H31NO2/c1-19(12-10-11-17-27-18-22-13-6-4-7-14-22)20(2)24(26)25-21(3)23-15-8-5-9-16-23/h4-10,12-16,19-21H,11,17-18H2,1-3H3,(H,25,26)/b12-10+/t19-,20+,21-/m1/s1. The minimum Gasteiger partial charge on any atom is -0.376 e. The quantitative estimate of drug-likeness (QED) is 0.458. The van der Waals surface area contributed by atoms with E-state index in [1.54, 1.807) is 0 Å². The van der Waals surface area contributed by atoms with Crippen molar-refractivity contribution in [3.05, 3.63) is 83.9 Å². The van der Waals surface area contributed by atoms with Crippen LogP contribution in [0.1, 0.15) is 44.4 Å². The third-order valence-corrected chi connectivity index (χ3v) is 4.84. The molecule has 0 bridgehead atoms. The zero-order chi connectivity index (χ0) is 19.5. The van der Waals surface area contributed by atoms with Crippen molar-refractivity contribution in [2.24, 2.45) is 11.8 Å². The highest BCUT2D eigenvalue weighted by Gasteiger charge is 2.20. The van der Waals surface area contributed by atoms with Gasteiger partial charge < -0.3 is 10.1 Å². The number of allylic oxidation sites excluding steroid dienone is 1. The molecule has 0 aliphatic rings. The summed E-state index contributed by atoms with van der Waals surface area (Å²) in [7, 11) is 0. The van der Waals surface area contributed by atoms with Gasteiger partial charge in [-0.05, 0) is 30.4 Å². The zero-order valence-corrected chi connectivity index (χ0v) is 16.6. The van der Waals surface area contributed by atoms with E-state index >= 15 is 0 Å². The molecule has 0 radical (unpaired) electrons. The number of hydrogen-bond donors (Lipinski definition) is 1. The van der Waals surface area contributed by atoms with Gasteiger partial charge in [-0.15, -0.1) is 0 Å². The lowest BCUT2D eigenvalue weighted by Gasteiger charge is -2.20. The number of carbonyl (C=O) groups is 1. The largest absolute Gasteiger partial charge is 0.376 e. The molecule has 3 atom stereocenters. The number of carbonyl (C=O) groups excluding carboxylic acids is 1. The molecule has 0 spiro atoms. The normalized spacial score (nSPS) is 14.6. The molecule has 27 heavy (non-hydrogen) atoms. The molecule has 3 heteroatoms. The van der Waals surface area contributed by atoms with E-state index in [2.05, 4.69) is 36.5 Å². The highest BCUT2D eigenvalue weighted by atomic mass is 16.5. The molecular weight excluding hydrogens is 334 g/mol. The van der Waals surface area contributed by atoms with E-state index < -0.39 is 0 Å². The molecule has 0 aliphatic heterocycles. The molecule has 3 nitrogen and oxygen atoms in total. The Hall–Kier alpha value is -2.39. The van der Waals surface area contributed by atoms with Gasteiger partial charge in [0.05, 0.1) is 19.3 Å². The van der Waals surface area contributed by atoms with Crippen molar-refractivity contribution in [3.8, 4) is 0 Å². The van der Waals surface area contributed by atoms with Gasteiger partial charge in [-0.25, -0.2) is 0 Å². The van der Waals surface area contributed by atoms with Gasteiger partial charge in [-0.3, -0.25) is 4.79 Å². The number of nitrogens with one attached hydrogen (secondary N) is 1. The van der Waals surface area contributed by atoms with Gasteiger partial charge in [-0.2, -0.15) is 0 Å². The zero-order valence-electron chi connectivity index (χ0n) is 16.6. The Morgan fingerprint density at radius 2 is 1.63 bits per heavy atom. The van der Waals surface area contributed by atoms with Gasteiger partial charge in [0, 0.05) is 5.92 Å². The summed E-state index contributed by atoms with van der Waals surface area (Å²) in [6.45, 7) is 7.40. The summed E-state index contributed by atoms with van der Waals surface area (Å²) < 4.78 is 5.68. The molecular formula is C24H31NO2. The van der Waals surface area contributed by atoms with E-state index in [0.29, 0.717) is 13.2 Å². The minimum absolute atomic E-state index is 0.0173. The molecule has 0 unspecified atom stereocenters. The SMILES string of the molecule is C[C@H](/C=C/CCOCc1ccccc1)[C@H](C)C(=O)N[C@H](C)c1ccccc1. The summed E-state index contributed by atoms with van der Waals surface area (Å²) in [4.78, 5) is 12.5. The summed E-state index contributed by atoms with van der Waals surface area (Å²) in [6, 6.07) is 20.2. The first-order valence-electron chi connectivity index (χ1n) is 9.71. The van der Waals surface area contributed by atoms with Crippen molar-refractivity contribution in [1.29, 1.82) is 0 Å². The summed E-state index contributed by atoms with van der Waals surface area (Å²) in [6.07, 6.45) is 5.08. The van der Waals surface area contributed by atoms with Gasteiger partial charge in [0.15, 0.2) is 0 Å². The van der Waals surface area contributed by atoms with E-state index in [0.717, 1.165) is 12.0 Å². The van der Waals surface area contributed by atoms with Crippen molar-refractivity contribution in [1.82, 2.24) is 5.32 Å². The Labute approximate surface area is 163 Å². The van der Waals surface area contributed by atoms with Gasteiger partial charge in [0.2, 0.25) is 5.91 Å². The summed E-state index contributed by atoms with van der Waals surface area (Å²) in [5.41, 5.74) is 2.31. The number of rotatable bonds is 10. The van der Waals surface area contributed by atoms with Crippen LogP contribution in [0.25, 0.3) is 0 Å². The summed E-state index contributed by atoms with van der Waals surface area (Å²) in [5.74, 6) is 0.198. The number of benzene rings is 2. The first-order valence-corrected chi connectivity index (χ1v) is 9.71. The predicted molar refractivity (Wildman–Crippen MR) is 111 cm³/mol. The maximum absolute atomic E-state index is 12.5. The Morgan fingerprint density at radius 1 is 1.00 bits per heavy atom. The fourth-order valence-corrected chi connectivity index (χ4v) is 2.80. The van der Waals surface area contributed by atoms with Crippen molar-refractivity contribution < 1.29 is 9.53 Å². The van der Waals surface area contributed by atoms with Gasteiger partial charge >= 0.3 is 0 Å². The lowest BCUT2D eigenvalue weighted by atomic mass is 9.94. The minimum atomic E-state index is -0.0716. The van der Waals surface area contributed by atoms with Gasteiger partial charge in [0.1, 0.15) is 0 Å². The molecule has 0 aliphatic carbocycles. The highest BCUT2D eigenvalue weighted by molar-refractivity contribution is 5.79. The molecule has 144 valence electrons. The van der Waals surface area contributed by atoms with Crippen molar-refractivity contribution in [2.75, 3.05) is 6.61 Å². The van der Waals surface area contributed by atoms with Crippen LogP contribution in [0.5, 0.6) is 0 Å². The number of hydrogen-bond acceptors (Lipinski definition) is 2. The maximum Gasteiger partial charge on any atom is 0.223 e. The van der Waals surface area contributed by atoms with E-state index in [1.165, 1.54) is 5.56 Å². The third-order valence-electron chi connectivity index (χ3n) is 4.84. The third kappa shape index (κ3) is 7.40. The Bertz CT molecular complexity index is 697. The Balaban J connectivity index is 1.68. The Morgan fingerprint density at radius 3 is 2.30 bits per heavy atom. The summed E-state index contributed by atoms with van der Waals surface area (Å²) in [5, 5.41) is 3.11. The van der Waals surface area contributed by atoms with E-state index in [1.807, 2.05) is 62.4 Å². The molecule has 0 saturated carbocycles. The second-order valence-corrected chi connectivity index (χ2v) is 7.04. The van der Waals surface area contributed by atoms with Crippen LogP contribution in [-0.2, 0) is 16.1 Å². The average Bonchev–Trinajstić information content (AvgIpc) is 2.71. The van der Waals surface area contributed by atoms with Crippen LogP contribution in [0, 0.1) is 11.8 Å². The molecule has 0 aromatic heterocycles. The predicted octanol–water partition coefficient (Wildman–Crippen LogP) is 5.30. The van der Waals surface area contributed by atoms with Crippen LogP contribution >= 0.6 is 0 Å². The molecule has 0 heterocycles. The fourth-order valence-electron chi connectivity index (χ4n) is 2.80. The lowest BCUT2D eigenvalue weighted by molar-refractivity contribution is -0.126. The summed E-state index contributed by atoms with van der Waals surface area (Å²) >= 11 is 0. The number of ether oxygens (including phenoxy) is 1. The molecule has 2 aromatic carbocycles. The van der Waals surface area contributed by atoms with Crippen LogP contribution in [0.3, 0.4) is 0 Å². The van der Waals surface area contributed by atoms with Crippen LogP contribution in [0.2, 0.25) is 0 Å². The molecule has 1 N–H and O–H groups in total. The van der Waals surface area contributed by atoms with Crippen molar-refractivity contribution in [2.45, 2.75) is 39.8 Å². The van der Waals surface area contributed by atoms with Crippen LogP contribution in [-0.4, -0.2) is 12.5 Å². The lowest BCUT2D eigenvalue weighted by Crippen LogP contribution is -2.34. The molecule has 0 saturated heterocycles. The first-order chi connectivity index (χ1) is 13.1. The van der Waals surface area contributed by atoms with Crippen LogP contribution in [0.15, 0.2) is 72.8 Å². The highest BCUT2D eigenvalue weighted by Crippen LogP contribution is 2.17. The number of amides is 1. The molecule has 2 aromatic rings. The fraction of sp³-hybridized carbons (Fsp3) is 0.375. The average molecular weight is 366 g/mol.